The Balaban J connectivity index is 1.65. The summed E-state index contributed by atoms with van der Waals surface area (Å²) in [5.41, 5.74) is 0.760. The van der Waals surface area contributed by atoms with Gasteiger partial charge in [0.2, 0.25) is 5.65 Å². The molecule has 1 saturated heterocycles. The summed E-state index contributed by atoms with van der Waals surface area (Å²) < 4.78 is 7.21. The van der Waals surface area contributed by atoms with Gasteiger partial charge in [0.05, 0.1) is 13.2 Å². The molecule has 0 aliphatic carbocycles. The van der Waals surface area contributed by atoms with Crippen molar-refractivity contribution in [3.05, 3.63) is 18.7 Å². The van der Waals surface area contributed by atoms with Gasteiger partial charge in [0.25, 0.3) is 0 Å². The molecule has 1 atom stereocenters. The van der Waals surface area contributed by atoms with Gasteiger partial charge in [0.1, 0.15) is 6.33 Å². The molecular weight excluding hydrogens is 244 g/mol. The van der Waals surface area contributed by atoms with Crippen molar-refractivity contribution in [1.82, 2.24) is 24.5 Å². The Morgan fingerprint density at radius 3 is 3.11 bits per heavy atom. The molecular formula is C12H18N6O. The van der Waals surface area contributed by atoms with E-state index in [0.717, 1.165) is 44.3 Å². The summed E-state index contributed by atoms with van der Waals surface area (Å²) in [6, 6.07) is 0.300. The predicted molar refractivity (Wildman–Crippen MR) is 71.1 cm³/mol. The molecule has 7 heteroatoms. The molecule has 0 saturated carbocycles. The van der Waals surface area contributed by atoms with Gasteiger partial charge in [0.15, 0.2) is 5.82 Å². The molecule has 1 fully saturated rings. The minimum atomic E-state index is 0.300. The molecule has 102 valence electrons. The van der Waals surface area contributed by atoms with E-state index < -0.39 is 0 Å². The lowest BCUT2D eigenvalue weighted by Gasteiger charge is -2.29. The van der Waals surface area contributed by atoms with Crippen LogP contribution in [-0.4, -0.2) is 63.4 Å². The lowest BCUT2D eigenvalue weighted by molar-refractivity contribution is 0.0368. The number of rotatable bonds is 4. The fourth-order valence-corrected chi connectivity index (χ4v) is 2.31. The van der Waals surface area contributed by atoms with E-state index >= 15 is 0 Å². The van der Waals surface area contributed by atoms with Crippen LogP contribution in [-0.2, 0) is 4.74 Å². The number of anilines is 1. The molecule has 0 radical (unpaired) electrons. The Morgan fingerprint density at radius 2 is 2.26 bits per heavy atom. The van der Waals surface area contributed by atoms with E-state index in [2.05, 4.69) is 32.3 Å². The van der Waals surface area contributed by atoms with Crippen LogP contribution in [0.5, 0.6) is 0 Å². The molecule has 1 unspecified atom stereocenters. The Morgan fingerprint density at radius 1 is 1.42 bits per heavy atom. The Labute approximate surface area is 111 Å². The number of fused-ring (bicyclic) bond motifs is 1. The zero-order chi connectivity index (χ0) is 13.1. The molecule has 0 aromatic carbocycles. The van der Waals surface area contributed by atoms with E-state index in [1.807, 2.05) is 10.6 Å². The van der Waals surface area contributed by atoms with Gasteiger partial charge in [-0.05, 0) is 6.92 Å². The fourth-order valence-electron chi connectivity index (χ4n) is 2.31. The monoisotopic (exact) mass is 262 g/mol. The number of aromatic nitrogens is 4. The number of ether oxygens (including phenoxy) is 1. The first-order chi connectivity index (χ1) is 9.33. The lowest BCUT2D eigenvalue weighted by Crippen LogP contribution is -2.42. The van der Waals surface area contributed by atoms with Gasteiger partial charge in [-0.2, -0.15) is 0 Å². The van der Waals surface area contributed by atoms with E-state index in [0.29, 0.717) is 6.04 Å². The molecule has 1 aliphatic rings. The van der Waals surface area contributed by atoms with Gasteiger partial charge in [0, 0.05) is 38.1 Å². The first-order valence-electron chi connectivity index (χ1n) is 6.54. The predicted octanol–water partition coefficient (Wildman–Crippen LogP) is 0.257. The van der Waals surface area contributed by atoms with Crippen molar-refractivity contribution < 1.29 is 4.74 Å². The second-order valence-electron chi connectivity index (χ2n) is 4.80. The molecule has 2 aromatic heterocycles. The van der Waals surface area contributed by atoms with E-state index in [1.54, 1.807) is 12.5 Å². The summed E-state index contributed by atoms with van der Waals surface area (Å²) in [6.45, 7) is 6.76. The summed E-state index contributed by atoms with van der Waals surface area (Å²) in [4.78, 5) is 6.73. The molecule has 7 nitrogen and oxygen atoms in total. The van der Waals surface area contributed by atoms with Crippen LogP contribution in [0.4, 0.5) is 5.82 Å². The standard InChI is InChI=1S/C12H18N6O/c1-10(8-17-4-6-19-7-5-17)15-11-12-16-14-9-18(12)3-2-13-11/h2-3,9-10H,4-8H2,1H3,(H,13,15). The normalized spacial score (nSPS) is 18.6. The third kappa shape index (κ3) is 2.82. The molecule has 0 bridgehead atoms. The van der Waals surface area contributed by atoms with Gasteiger partial charge in [-0.25, -0.2) is 4.98 Å². The Kier molecular flexibility index (Phi) is 3.56. The summed E-state index contributed by atoms with van der Waals surface area (Å²) in [5, 5.41) is 11.4. The number of hydrogen-bond donors (Lipinski definition) is 1. The second kappa shape index (κ2) is 5.50. The van der Waals surface area contributed by atoms with Crippen LogP contribution < -0.4 is 5.32 Å². The Bertz CT molecular complexity index is 536. The van der Waals surface area contributed by atoms with Crippen molar-refractivity contribution in [3.8, 4) is 0 Å². The maximum atomic E-state index is 5.35. The molecule has 0 spiro atoms. The number of nitrogens with one attached hydrogen (secondary N) is 1. The highest BCUT2D eigenvalue weighted by Gasteiger charge is 2.15. The minimum Gasteiger partial charge on any atom is -0.379 e. The number of morpholine rings is 1. The zero-order valence-corrected chi connectivity index (χ0v) is 11.0. The van der Waals surface area contributed by atoms with E-state index in [1.165, 1.54) is 0 Å². The summed E-state index contributed by atoms with van der Waals surface area (Å²) in [5.74, 6) is 0.778. The zero-order valence-electron chi connectivity index (χ0n) is 11.0. The molecule has 3 rings (SSSR count). The SMILES string of the molecule is CC(CN1CCOCC1)Nc1nccn2cnnc12. The number of hydrogen-bond acceptors (Lipinski definition) is 6. The lowest BCUT2D eigenvalue weighted by atomic mass is 10.3. The summed E-state index contributed by atoms with van der Waals surface area (Å²) >= 11 is 0. The van der Waals surface area contributed by atoms with Crippen LogP contribution in [0.3, 0.4) is 0 Å². The molecule has 3 heterocycles. The van der Waals surface area contributed by atoms with Crippen molar-refractivity contribution in [2.75, 3.05) is 38.2 Å². The topological polar surface area (TPSA) is 67.6 Å². The average Bonchev–Trinajstić information content (AvgIpc) is 2.89. The van der Waals surface area contributed by atoms with Crippen molar-refractivity contribution in [3.63, 3.8) is 0 Å². The maximum Gasteiger partial charge on any atom is 0.203 e. The van der Waals surface area contributed by atoms with Crippen LogP contribution in [0.15, 0.2) is 18.7 Å². The highest BCUT2D eigenvalue weighted by Crippen LogP contribution is 2.11. The van der Waals surface area contributed by atoms with Crippen molar-refractivity contribution in [2.24, 2.45) is 0 Å². The van der Waals surface area contributed by atoms with Gasteiger partial charge in [-0.15, -0.1) is 10.2 Å². The molecule has 1 N–H and O–H groups in total. The van der Waals surface area contributed by atoms with Crippen molar-refractivity contribution in [1.29, 1.82) is 0 Å². The van der Waals surface area contributed by atoms with Gasteiger partial charge in [-0.3, -0.25) is 9.30 Å². The third-order valence-corrected chi connectivity index (χ3v) is 3.23. The van der Waals surface area contributed by atoms with Gasteiger partial charge in [-0.1, -0.05) is 0 Å². The van der Waals surface area contributed by atoms with E-state index in [9.17, 15) is 0 Å². The highest BCUT2D eigenvalue weighted by molar-refractivity contribution is 5.61. The van der Waals surface area contributed by atoms with Crippen LogP contribution in [0, 0.1) is 0 Å². The van der Waals surface area contributed by atoms with Crippen LogP contribution in [0.1, 0.15) is 6.92 Å². The van der Waals surface area contributed by atoms with Gasteiger partial charge >= 0.3 is 0 Å². The summed E-state index contributed by atoms with van der Waals surface area (Å²) in [7, 11) is 0. The largest absolute Gasteiger partial charge is 0.379 e. The quantitative estimate of drug-likeness (QED) is 0.852. The summed E-state index contributed by atoms with van der Waals surface area (Å²) in [6.07, 6.45) is 5.27. The van der Waals surface area contributed by atoms with Crippen LogP contribution in [0.2, 0.25) is 0 Å². The first-order valence-corrected chi connectivity index (χ1v) is 6.54. The van der Waals surface area contributed by atoms with Crippen LogP contribution in [0.25, 0.3) is 5.65 Å². The highest BCUT2D eigenvalue weighted by atomic mass is 16.5. The number of nitrogens with zero attached hydrogens (tertiary/aromatic N) is 5. The molecule has 1 aliphatic heterocycles. The van der Waals surface area contributed by atoms with Crippen LogP contribution >= 0.6 is 0 Å². The van der Waals surface area contributed by atoms with E-state index in [-0.39, 0.29) is 0 Å². The minimum absolute atomic E-state index is 0.300. The fraction of sp³-hybridized carbons (Fsp3) is 0.583. The Hall–Kier alpha value is -1.73. The second-order valence-corrected chi connectivity index (χ2v) is 4.80. The van der Waals surface area contributed by atoms with Gasteiger partial charge < -0.3 is 10.1 Å². The molecule has 2 aromatic rings. The van der Waals surface area contributed by atoms with E-state index in [4.69, 9.17) is 4.74 Å². The molecule has 19 heavy (non-hydrogen) atoms. The van der Waals surface area contributed by atoms with Crippen molar-refractivity contribution in [2.45, 2.75) is 13.0 Å². The third-order valence-electron chi connectivity index (χ3n) is 3.23. The smallest absolute Gasteiger partial charge is 0.203 e. The molecule has 0 amide bonds. The first kappa shape index (κ1) is 12.3. The van der Waals surface area contributed by atoms with Crippen molar-refractivity contribution >= 4 is 11.5 Å². The average molecular weight is 262 g/mol. The maximum absolute atomic E-state index is 5.35.